The minimum absolute atomic E-state index is 0.0683. The quantitative estimate of drug-likeness (QED) is 0.695. The van der Waals surface area contributed by atoms with Crippen molar-refractivity contribution in [3.63, 3.8) is 0 Å². The Labute approximate surface area is 86.4 Å². The van der Waals surface area contributed by atoms with Crippen LogP contribution in [0, 0.1) is 18.6 Å². The number of hydrogen-bond donors (Lipinski definition) is 0. The number of aryl methyl sites for hydroxylation is 1. The van der Waals surface area contributed by atoms with Gasteiger partial charge in [-0.2, -0.15) is 0 Å². The number of pyridine rings is 1. The van der Waals surface area contributed by atoms with Crippen LogP contribution in [0.5, 0.6) is 0 Å². The van der Waals surface area contributed by atoms with Crippen LogP contribution in [0.3, 0.4) is 0 Å². The molecule has 0 saturated heterocycles. The molecule has 1 nitrogen and oxygen atoms in total. The summed E-state index contributed by atoms with van der Waals surface area (Å²) in [5.74, 6) is -1.18. The van der Waals surface area contributed by atoms with E-state index >= 15 is 0 Å². The van der Waals surface area contributed by atoms with Crippen LogP contribution in [0.4, 0.5) is 8.78 Å². The van der Waals surface area contributed by atoms with Gasteiger partial charge < -0.3 is 0 Å². The average molecular weight is 205 g/mol. The van der Waals surface area contributed by atoms with Crippen molar-refractivity contribution < 1.29 is 8.78 Å². The van der Waals surface area contributed by atoms with Crippen molar-refractivity contribution in [3.8, 4) is 11.3 Å². The summed E-state index contributed by atoms with van der Waals surface area (Å²) in [5, 5.41) is 0. The molecule has 0 fully saturated rings. The fourth-order valence-corrected chi connectivity index (χ4v) is 1.42. The highest BCUT2D eigenvalue weighted by Crippen LogP contribution is 2.24. The summed E-state index contributed by atoms with van der Waals surface area (Å²) in [4.78, 5) is 3.95. The minimum atomic E-state index is -0.590. The molecule has 0 radical (unpaired) electrons. The fourth-order valence-electron chi connectivity index (χ4n) is 1.42. The smallest absolute Gasteiger partial charge is 0.135 e. The van der Waals surface area contributed by atoms with Crippen molar-refractivity contribution in [1.82, 2.24) is 4.98 Å². The highest BCUT2D eigenvalue weighted by atomic mass is 19.1. The summed E-state index contributed by atoms with van der Waals surface area (Å²) in [6.45, 7) is 1.85. The van der Waals surface area contributed by atoms with Gasteiger partial charge in [0.05, 0.1) is 11.3 Å². The van der Waals surface area contributed by atoms with Crippen LogP contribution >= 0.6 is 0 Å². The molecule has 0 atom stereocenters. The maximum Gasteiger partial charge on any atom is 0.135 e. The molecule has 0 bridgehead atoms. The Morgan fingerprint density at radius 2 is 1.73 bits per heavy atom. The largest absolute Gasteiger partial charge is 0.256 e. The van der Waals surface area contributed by atoms with Crippen molar-refractivity contribution in [3.05, 3.63) is 53.7 Å². The standard InChI is InChI=1S/C12H9F2N/c1-8-5-6-15-11(7-8)12-9(13)3-2-4-10(12)14/h2-7H,1H3. The van der Waals surface area contributed by atoms with Crippen molar-refractivity contribution in [2.24, 2.45) is 0 Å². The topological polar surface area (TPSA) is 12.9 Å². The molecule has 1 heterocycles. The number of benzene rings is 1. The lowest BCUT2D eigenvalue weighted by Crippen LogP contribution is -1.92. The van der Waals surface area contributed by atoms with Gasteiger partial charge in [0.1, 0.15) is 11.6 Å². The van der Waals surface area contributed by atoms with E-state index in [-0.39, 0.29) is 5.56 Å². The molecule has 15 heavy (non-hydrogen) atoms. The van der Waals surface area contributed by atoms with E-state index in [4.69, 9.17) is 0 Å². The van der Waals surface area contributed by atoms with E-state index in [1.807, 2.05) is 6.92 Å². The van der Waals surface area contributed by atoms with Gasteiger partial charge in [0, 0.05) is 6.20 Å². The molecule has 0 N–H and O–H groups in total. The Balaban J connectivity index is 2.63. The van der Waals surface area contributed by atoms with Gasteiger partial charge in [-0.3, -0.25) is 4.98 Å². The number of aromatic nitrogens is 1. The molecular formula is C12H9F2N. The minimum Gasteiger partial charge on any atom is -0.256 e. The lowest BCUT2D eigenvalue weighted by Gasteiger charge is -2.04. The molecule has 1 aromatic heterocycles. The van der Waals surface area contributed by atoms with Gasteiger partial charge >= 0.3 is 0 Å². The van der Waals surface area contributed by atoms with Crippen LogP contribution in [0.2, 0.25) is 0 Å². The second-order valence-corrected chi connectivity index (χ2v) is 3.32. The van der Waals surface area contributed by atoms with Gasteiger partial charge in [-0.25, -0.2) is 8.78 Å². The van der Waals surface area contributed by atoms with Crippen LogP contribution in [0.25, 0.3) is 11.3 Å². The lowest BCUT2D eigenvalue weighted by atomic mass is 10.1. The van der Waals surface area contributed by atoms with E-state index in [9.17, 15) is 8.78 Å². The summed E-state index contributed by atoms with van der Waals surface area (Å²) >= 11 is 0. The molecular weight excluding hydrogens is 196 g/mol. The van der Waals surface area contributed by atoms with Crippen LogP contribution in [-0.4, -0.2) is 4.98 Å². The Morgan fingerprint density at radius 3 is 2.33 bits per heavy atom. The zero-order chi connectivity index (χ0) is 10.8. The molecule has 1 aromatic carbocycles. The molecule has 0 saturated carbocycles. The summed E-state index contributed by atoms with van der Waals surface area (Å²) in [6, 6.07) is 7.22. The van der Waals surface area contributed by atoms with Gasteiger partial charge in [0.15, 0.2) is 0 Å². The van der Waals surface area contributed by atoms with Gasteiger partial charge in [0.25, 0.3) is 0 Å². The second-order valence-electron chi connectivity index (χ2n) is 3.32. The molecule has 0 unspecified atom stereocenters. The van der Waals surface area contributed by atoms with Crippen LogP contribution in [0.1, 0.15) is 5.56 Å². The Bertz CT molecular complexity index is 474. The lowest BCUT2D eigenvalue weighted by molar-refractivity contribution is 0.588. The molecule has 76 valence electrons. The Morgan fingerprint density at radius 1 is 1.07 bits per heavy atom. The predicted octanol–water partition coefficient (Wildman–Crippen LogP) is 3.34. The summed E-state index contributed by atoms with van der Waals surface area (Å²) in [7, 11) is 0. The van der Waals surface area contributed by atoms with Gasteiger partial charge in [-0.15, -0.1) is 0 Å². The second kappa shape index (κ2) is 3.77. The third-order valence-electron chi connectivity index (χ3n) is 2.13. The van der Waals surface area contributed by atoms with E-state index in [0.717, 1.165) is 5.56 Å². The summed E-state index contributed by atoms with van der Waals surface area (Å²) < 4.78 is 26.8. The van der Waals surface area contributed by atoms with Crippen molar-refractivity contribution in [2.75, 3.05) is 0 Å². The first kappa shape index (κ1) is 9.77. The Hall–Kier alpha value is -1.77. The van der Waals surface area contributed by atoms with Crippen LogP contribution < -0.4 is 0 Å². The van der Waals surface area contributed by atoms with Crippen molar-refractivity contribution in [2.45, 2.75) is 6.92 Å². The van der Waals surface area contributed by atoms with Crippen LogP contribution in [0.15, 0.2) is 36.5 Å². The van der Waals surface area contributed by atoms with Gasteiger partial charge in [-0.1, -0.05) is 6.07 Å². The molecule has 2 rings (SSSR count). The van der Waals surface area contributed by atoms with E-state index < -0.39 is 11.6 Å². The first-order valence-electron chi connectivity index (χ1n) is 4.55. The van der Waals surface area contributed by atoms with E-state index in [1.54, 1.807) is 12.1 Å². The first-order chi connectivity index (χ1) is 7.18. The maximum absolute atomic E-state index is 13.4. The number of rotatable bonds is 1. The molecule has 0 spiro atoms. The zero-order valence-corrected chi connectivity index (χ0v) is 8.17. The third-order valence-corrected chi connectivity index (χ3v) is 2.13. The summed E-state index contributed by atoms with van der Waals surface area (Å²) in [6.07, 6.45) is 1.54. The number of halogens is 2. The fraction of sp³-hybridized carbons (Fsp3) is 0.0833. The third kappa shape index (κ3) is 1.86. The van der Waals surface area contributed by atoms with Crippen molar-refractivity contribution in [1.29, 1.82) is 0 Å². The highest BCUT2D eigenvalue weighted by molar-refractivity contribution is 5.61. The first-order valence-corrected chi connectivity index (χ1v) is 4.55. The molecule has 0 aliphatic rings. The predicted molar refractivity (Wildman–Crippen MR) is 54.3 cm³/mol. The SMILES string of the molecule is Cc1ccnc(-c2c(F)cccc2F)c1. The van der Waals surface area contributed by atoms with E-state index in [0.29, 0.717) is 5.69 Å². The summed E-state index contributed by atoms with van der Waals surface area (Å²) in [5.41, 5.74) is 1.18. The number of nitrogens with zero attached hydrogens (tertiary/aromatic N) is 1. The maximum atomic E-state index is 13.4. The molecule has 0 aliphatic carbocycles. The molecule has 3 heteroatoms. The molecule has 0 amide bonds. The average Bonchev–Trinajstić information content (AvgIpc) is 2.17. The normalized spacial score (nSPS) is 10.3. The van der Waals surface area contributed by atoms with Crippen LogP contribution in [-0.2, 0) is 0 Å². The Kier molecular flexibility index (Phi) is 2.46. The van der Waals surface area contributed by atoms with Gasteiger partial charge in [-0.05, 0) is 36.8 Å². The van der Waals surface area contributed by atoms with E-state index in [2.05, 4.69) is 4.98 Å². The number of hydrogen-bond acceptors (Lipinski definition) is 1. The zero-order valence-electron chi connectivity index (χ0n) is 8.17. The van der Waals surface area contributed by atoms with Crippen molar-refractivity contribution >= 4 is 0 Å². The molecule has 2 aromatic rings. The monoisotopic (exact) mass is 205 g/mol. The van der Waals surface area contributed by atoms with E-state index in [1.165, 1.54) is 24.4 Å². The highest BCUT2D eigenvalue weighted by Gasteiger charge is 2.11. The van der Waals surface area contributed by atoms with Gasteiger partial charge in [0.2, 0.25) is 0 Å². The molecule has 0 aliphatic heterocycles.